The summed E-state index contributed by atoms with van der Waals surface area (Å²) in [4.78, 5) is 0. The first kappa shape index (κ1) is 56.5. The number of phenolic OH excluding ortho intramolecular Hbond substituents is 3. The summed E-state index contributed by atoms with van der Waals surface area (Å²) >= 11 is 0. The van der Waals surface area contributed by atoms with Crippen LogP contribution in [0.2, 0.25) is 0 Å². The first-order valence-corrected chi connectivity index (χ1v) is 22.3. The van der Waals surface area contributed by atoms with E-state index in [4.69, 9.17) is 5.11 Å². The molecular formula is C51H62F6O3Y3. The summed E-state index contributed by atoms with van der Waals surface area (Å²) in [6.07, 6.45) is 18.4. The van der Waals surface area contributed by atoms with Gasteiger partial charge in [0.15, 0.2) is 34.7 Å². The van der Waals surface area contributed by atoms with Crippen LogP contribution in [0.15, 0.2) is 60.7 Å². The van der Waals surface area contributed by atoms with Crippen LogP contribution in [0.25, 0.3) is 11.1 Å². The summed E-state index contributed by atoms with van der Waals surface area (Å²) in [5, 5.41) is 27.5. The van der Waals surface area contributed by atoms with Crippen molar-refractivity contribution in [3.05, 3.63) is 112 Å². The zero-order chi connectivity index (χ0) is 43.1. The van der Waals surface area contributed by atoms with Crippen LogP contribution in [0.3, 0.4) is 0 Å². The fourth-order valence-electron chi connectivity index (χ4n) is 10.3. The summed E-state index contributed by atoms with van der Waals surface area (Å²) in [6.45, 7) is 6.82. The molecule has 0 aromatic heterocycles. The molecule has 3 N–H and O–H groups in total. The number of hydrogen-bond acceptors (Lipinski definition) is 3. The molecule has 4 fully saturated rings. The van der Waals surface area contributed by atoms with E-state index in [0.29, 0.717) is 28.5 Å². The maximum atomic E-state index is 14.0. The van der Waals surface area contributed by atoms with Gasteiger partial charge in [0.1, 0.15) is 0 Å². The summed E-state index contributed by atoms with van der Waals surface area (Å²) in [7, 11) is 0. The minimum Gasteiger partial charge on any atom is -0.505 e. The number of phenols is 3. The van der Waals surface area contributed by atoms with Crippen LogP contribution in [-0.4, -0.2) is 15.3 Å². The zero-order valence-electron chi connectivity index (χ0n) is 37.0. The molecule has 0 atom stereocenters. The van der Waals surface area contributed by atoms with Crippen LogP contribution in [0.1, 0.15) is 158 Å². The van der Waals surface area contributed by atoms with Gasteiger partial charge in [0.05, 0.1) is 0 Å². The molecule has 0 aliphatic heterocycles. The van der Waals surface area contributed by atoms with Crippen LogP contribution < -0.4 is 0 Å². The largest absolute Gasteiger partial charge is 0.505 e. The van der Waals surface area contributed by atoms with Crippen molar-refractivity contribution in [2.24, 2.45) is 29.6 Å². The van der Waals surface area contributed by atoms with Gasteiger partial charge in [0.25, 0.3) is 0 Å². The smallest absolute Gasteiger partial charge is 0.200 e. The molecule has 0 unspecified atom stereocenters. The Hall–Kier alpha value is -0.828. The van der Waals surface area contributed by atoms with E-state index in [1.165, 1.54) is 87.3 Å². The molecule has 0 spiro atoms. The Morgan fingerprint density at radius 1 is 0.349 bits per heavy atom. The molecule has 3 nitrogen and oxygen atoms in total. The third kappa shape index (κ3) is 14.8. The van der Waals surface area contributed by atoms with Gasteiger partial charge in [-0.2, -0.15) is 13.2 Å². The fourth-order valence-corrected chi connectivity index (χ4v) is 10.3. The van der Waals surface area contributed by atoms with E-state index >= 15 is 0 Å². The molecule has 0 bridgehead atoms. The molecule has 3 radical (unpaired) electrons. The van der Waals surface area contributed by atoms with E-state index in [1.807, 2.05) is 24.3 Å². The van der Waals surface area contributed by atoms with Gasteiger partial charge < -0.3 is 15.3 Å². The Balaban J connectivity index is 0.000000249. The minimum atomic E-state index is -1.19. The van der Waals surface area contributed by atoms with Gasteiger partial charge in [0.2, 0.25) is 17.5 Å². The van der Waals surface area contributed by atoms with E-state index in [0.717, 1.165) is 75.0 Å². The Labute approximate surface area is 446 Å². The molecule has 0 saturated heterocycles. The minimum absolute atomic E-state index is 0. The van der Waals surface area contributed by atoms with E-state index < -0.39 is 52.2 Å². The van der Waals surface area contributed by atoms with Crippen LogP contribution in [0.4, 0.5) is 26.3 Å². The van der Waals surface area contributed by atoms with Crippen molar-refractivity contribution in [1.82, 2.24) is 0 Å². The molecular weight excluding hydrogens is 1040 g/mol. The number of hydrogen-bond donors (Lipinski definition) is 3. The zero-order valence-corrected chi connectivity index (χ0v) is 45.6. The van der Waals surface area contributed by atoms with Crippen molar-refractivity contribution >= 4 is 0 Å². The topological polar surface area (TPSA) is 60.7 Å². The van der Waals surface area contributed by atoms with Crippen LogP contribution in [0.5, 0.6) is 17.2 Å². The molecule has 4 saturated carbocycles. The summed E-state index contributed by atoms with van der Waals surface area (Å²) in [5.41, 5.74) is 2.95. The second-order valence-electron chi connectivity index (χ2n) is 18.5. The summed E-state index contributed by atoms with van der Waals surface area (Å²) in [6, 6.07) is 15.9. The summed E-state index contributed by atoms with van der Waals surface area (Å²) in [5.74, 6) is -3.22. The molecule has 63 heavy (non-hydrogen) atoms. The molecule has 4 aromatic rings. The van der Waals surface area contributed by atoms with Gasteiger partial charge in [-0.05, 0) is 158 Å². The van der Waals surface area contributed by atoms with E-state index in [2.05, 4.69) is 20.8 Å². The number of benzene rings is 4. The van der Waals surface area contributed by atoms with Gasteiger partial charge in [-0.15, -0.1) is 0 Å². The maximum absolute atomic E-state index is 14.0. The predicted octanol–water partition coefficient (Wildman–Crippen LogP) is 15.4. The summed E-state index contributed by atoms with van der Waals surface area (Å²) < 4.78 is 81.7. The van der Waals surface area contributed by atoms with Crippen LogP contribution in [0, 0.1) is 64.5 Å². The third-order valence-corrected chi connectivity index (χ3v) is 14.3. The van der Waals surface area contributed by atoms with E-state index in [9.17, 15) is 36.6 Å². The number of aromatic hydroxyl groups is 3. The Morgan fingerprint density at radius 3 is 1.08 bits per heavy atom. The molecule has 4 aliphatic rings. The van der Waals surface area contributed by atoms with Crippen molar-refractivity contribution in [2.75, 3.05) is 0 Å². The van der Waals surface area contributed by atoms with Gasteiger partial charge in [-0.3, -0.25) is 0 Å². The second kappa shape index (κ2) is 26.6. The van der Waals surface area contributed by atoms with Gasteiger partial charge >= 0.3 is 0 Å². The quantitative estimate of drug-likeness (QED) is 0.175. The molecule has 8 rings (SSSR count). The van der Waals surface area contributed by atoms with Crippen molar-refractivity contribution in [1.29, 1.82) is 0 Å². The van der Waals surface area contributed by atoms with Crippen molar-refractivity contribution < 1.29 is 140 Å². The van der Waals surface area contributed by atoms with Gasteiger partial charge in [0, 0.05) is 104 Å². The average molecular weight is 1100 g/mol. The normalized spacial score (nSPS) is 25.6. The van der Waals surface area contributed by atoms with Crippen molar-refractivity contribution in [3.8, 4) is 28.4 Å². The molecule has 335 valence electrons. The average Bonchev–Trinajstić information content (AvgIpc) is 3.26. The standard InChI is InChI=1S/C19H26F2O.C19H20F2O.C13H16F2O.3Y/c2*1-12-2-4-13(5-3-12)14-6-8-15(9-7-14)16-10-11-17(22)19(21)18(16)20;1-8-2-4-9(5-3-8)10-6-7-11(16)13(15)12(10)14;;;/h10-15,22H,2-9H2,1H3;6-13,22H,2-5H2,1H3;6-9,16H,2-5H2,1H3;;;. The van der Waals surface area contributed by atoms with Gasteiger partial charge in [-0.25, -0.2) is 13.2 Å². The monoisotopic (exact) mass is 1100 g/mol. The number of rotatable bonds is 5. The van der Waals surface area contributed by atoms with Crippen LogP contribution in [-0.2, 0) is 98.1 Å². The maximum Gasteiger partial charge on any atom is 0.200 e. The second-order valence-corrected chi connectivity index (χ2v) is 18.5. The molecule has 0 amide bonds. The van der Waals surface area contributed by atoms with Gasteiger partial charge in [-0.1, -0.05) is 95.7 Å². The molecule has 0 heterocycles. The first-order valence-electron chi connectivity index (χ1n) is 22.3. The van der Waals surface area contributed by atoms with Crippen molar-refractivity contribution in [2.45, 2.75) is 141 Å². The number of halogens is 6. The molecule has 4 aromatic carbocycles. The Morgan fingerprint density at radius 2 is 0.667 bits per heavy atom. The first-order chi connectivity index (χ1) is 28.7. The Kier molecular flexibility index (Phi) is 23.9. The SMILES string of the molecule is CC1CCC(C2CCC(c3ccc(O)c(F)c3F)CC2)CC1.CC1CCC(c2ccc(-c3ccc(O)c(F)c3F)cc2)CC1.CC1CCC(c2ccc(O)c(F)c2F)CC1.[Y].[Y].[Y]. The molecule has 12 heteroatoms. The third-order valence-electron chi connectivity index (χ3n) is 14.3. The van der Waals surface area contributed by atoms with E-state index in [-0.39, 0.29) is 116 Å². The van der Waals surface area contributed by atoms with E-state index in [1.54, 1.807) is 6.07 Å². The van der Waals surface area contributed by atoms with Crippen LogP contribution >= 0.6 is 0 Å². The predicted molar refractivity (Wildman–Crippen MR) is 226 cm³/mol. The van der Waals surface area contributed by atoms with Crippen molar-refractivity contribution in [3.63, 3.8) is 0 Å². The fraction of sp³-hybridized carbons (Fsp3) is 0.529. The Bertz CT molecular complexity index is 2020. The molecule has 4 aliphatic carbocycles.